The molecule has 0 aromatic rings. The number of rotatable bonds is 11. The molecule has 1 aliphatic heterocycles. The number of methoxy groups -OCH3 is 1. The number of amides is 2. The van der Waals surface area contributed by atoms with E-state index in [2.05, 4.69) is 18.2 Å². The molecule has 7 heteroatoms. The fourth-order valence-corrected chi connectivity index (χ4v) is 5.15. The predicted molar refractivity (Wildman–Crippen MR) is 115 cm³/mol. The van der Waals surface area contributed by atoms with Crippen LogP contribution < -0.4 is 0 Å². The van der Waals surface area contributed by atoms with Crippen molar-refractivity contribution in [2.45, 2.75) is 70.1 Å². The Balaban J connectivity index is 1.69. The van der Waals surface area contributed by atoms with Gasteiger partial charge in [0.1, 0.15) is 0 Å². The Bertz CT molecular complexity index is 600. The van der Waals surface area contributed by atoms with Gasteiger partial charge in [-0.3, -0.25) is 14.5 Å². The Morgan fingerprint density at radius 1 is 1.28 bits per heavy atom. The molecule has 1 unspecified atom stereocenters. The number of esters is 1. The Morgan fingerprint density at radius 3 is 2.59 bits per heavy atom. The minimum Gasteiger partial charge on any atom is -0.467 e. The molecule has 0 bridgehead atoms. The molecule has 1 saturated heterocycles. The minimum atomic E-state index is -0.584. The van der Waals surface area contributed by atoms with E-state index in [1.54, 1.807) is 6.92 Å². The molecule has 2 aliphatic rings. The topological polar surface area (TPSA) is 72.9 Å². The van der Waals surface area contributed by atoms with Crippen LogP contribution in [-0.2, 0) is 23.9 Å². The van der Waals surface area contributed by atoms with Crippen molar-refractivity contribution in [3.05, 3.63) is 12.2 Å². The Morgan fingerprint density at radius 2 is 1.97 bits per heavy atom. The highest BCUT2D eigenvalue weighted by Crippen LogP contribution is 2.35. The van der Waals surface area contributed by atoms with Crippen LogP contribution >= 0.6 is 11.8 Å². The molecular formula is C22H35NO5S. The maximum absolute atomic E-state index is 12.7. The van der Waals surface area contributed by atoms with E-state index < -0.39 is 12.1 Å². The van der Waals surface area contributed by atoms with Crippen molar-refractivity contribution in [1.82, 2.24) is 4.90 Å². The number of nitrogens with zero attached hydrogens (tertiary/aromatic N) is 1. The van der Waals surface area contributed by atoms with Crippen molar-refractivity contribution in [2.75, 3.05) is 26.0 Å². The molecule has 1 heterocycles. The van der Waals surface area contributed by atoms with Crippen LogP contribution in [0.1, 0.15) is 58.8 Å². The van der Waals surface area contributed by atoms with Crippen LogP contribution in [0.25, 0.3) is 0 Å². The zero-order valence-corrected chi connectivity index (χ0v) is 18.8. The van der Waals surface area contributed by atoms with Gasteiger partial charge >= 0.3 is 5.97 Å². The first-order valence-electron chi connectivity index (χ1n) is 10.7. The molecule has 0 aromatic carbocycles. The standard InChI is InChI=1S/C22H35NO5S/c1-5-15(2)18-9-7-17(8-10-18)14-23-20(24)13-19(21(23)25)29-12-6-11-28-16(3)22(26)27-4/h16-19H,2,5-14H2,1,3-4H3/t16-,17?,18?,19?/m0/s1. The Hall–Kier alpha value is -1.34. The molecule has 0 radical (unpaired) electrons. The average Bonchev–Trinajstić information content (AvgIpc) is 3.00. The third kappa shape index (κ3) is 6.85. The quantitative estimate of drug-likeness (QED) is 0.218. The van der Waals surface area contributed by atoms with Gasteiger partial charge in [-0.25, -0.2) is 4.79 Å². The summed E-state index contributed by atoms with van der Waals surface area (Å²) in [6.07, 6.45) is 5.83. The largest absolute Gasteiger partial charge is 0.467 e. The summed E-state index contributed by atoms with van der Waals surface area (Å²) >= 11 is 1.51. The van der Waals surface area contributed by atoms with E-state index >= 15 is 0 Å². The summed E-state index contributed by atoms with van der Waals surface area (Å²) in [5.41, 5.74) is 1.33. The highest BCUT2D eigenvalue weighted by molar-refractivity contribution is 8.00. The van der Waals surface area contributed by atoms with E-state index in [9.17, 15) is 14.4 Å². The van der Waals surface area contributed by atoms with E-state index in [4.69, 9.17) is 4.74 Å². The van der Waals surface area contributed by atoms with Crippen LogP contribution in [-0.4, -0.2) is 60.1 Å². The molecule has 2 rings (SSSR count). The second-order valence-electron chi connectivity index (χ2n) is 8.03. The predicted octanol–water partition coefficient (Wildman–Crippen LogP) is 3.59. The molecule has 0 aromatic heterocycles. The summed E-state index contributed by atoms with van der Waals surface area (Å²) in [6.45, 7) is 8.97. The number of hydrogen-bond acceptors (Lipinski definition) is 6. The van der Waals surface area contributed by atoms with Gasteiger partial charge in [0.15, 0.2) is 6.10 Å². The SMILES string of the molecule is C=C(CC)C1CCC(CN2C(=O)CC(SCCCO[C@@H](C)C(=O)OC)C2=O)CC1. The monoisotopic (exact) mass is 425 g/mol. The first-order chi connectivity index (χ1) is 13.9. The number of hydrogen-bond donors (Lipinski definition) is 0. The molecule has 6 nitrogen and oxygen atoms in total. The van der Waals surface area contributed by atoms with Crippen molar-refractivity contribution < 1.29 is 23.9 Å². The molecule has 1 saturated carbocycles. The summed E-state index contributed by atoms with van der Waals surface area (Å²) in [5.74, 6) is 1.27. The number of carbonyl (C=O) groups is 3. The second-order valence-corrected chi connectivity index (χ2v) is 9.34. The molecule has 29 heavy (non-hydrogen) atoms. The van der Waals surface area contributed by atoms with Gasteiger partial charge in [-0.05, 0) is 63.0 Å². The lowest BCUT2D eigenvalue weighted by Crippen LogP contribution is -2.37. The number of ether oxygens (including phenoxy) is 2. The summed E-state index contributed by atoms with van der Waals surface area (Å²) in [6, 6.07) is 0. The maximum Gasteiger partial charge on any atom is 0.334 e. The van der Waals surface area contributed by atoms with Crippen LogP contribution in [0.15, 0.2) is 12.2 Å². The van der Waals surface area contributed by atoms with E-state index in [0.717, 1.165) is 44.3 Å². The normalized spacial score (nSPS) is 25.9. The average molecular weight is 426 g/mol. The van der Waals surface area contributed by atoms with Gasteiger partial charge in [-0.1, -0.05) is 19.1 Å². The lowest BCUT2D eigenvalue weighted by Gasteiger charge is -2.31. The fourth-order valence-electron chi connectivity index (χ4n) is 4.05. The summed E-state index contributed by atoms with van der Waals surface area (Å²) in [5, 5.41) is -0.281. The van der Waals surface area contributed by atoms with Gasteiger partial charge in [-0.15, -0.1) is 11.8 Å². The third-order valence-corrected chi connectivity index (χ3v) is 7.33. The van der Waals surface area contributed by atoms with Crippen LogP contribution in [0.2, 0.25) is 0 Å². The van der Waals surface area contributed by atoms with Crippen LogP contribution in [0.5, 0.6) is 0 Å². The lowest BCUT2D eigenvalue weighted by atomic mass is 9.78. The van der Waals surface area contributed by atoms with Gasteiger partial charge in [-0.2, -0.15) is 0 Å². The lowest BCUT2D eigenvalue weighted by molar-refractivity contribution is -0.152. The zero-order valence-electron chi connectivity index (χ0n) is 18.0. The van der Waals surface area contributed by atoms with Gasteiger partial charge < -0.3 is 9.47 Å². The zero-order chi connectivity index (χ0) is 21.4. The minimum absolute atomic E-state index is 0.0380. The first-order valence-corrected chi connectivity index (χ1v) is 11.7. The van der Waals surface area contributed by atoms with Gasteiger partial charge in [0.05, 0.1) is 12.4 Å². The highest BCUT2D eigenvalue weighted by Gasteiger charge is 2.40. The van der Waals surface area contributed by atoms with Crippen molar-refractivity contribution in [1.29, 1.82) is 0 Å². The highest BCUT2D eigenvalue weighted by atomic mass is 32.2. The van der Waals surface area contributed by atoms with E-state index in [1.165, 1.54) is 29.3 Å². The van der Waals surface area contributed by atoms with Crippen LogP contribution in [0.4, 0.5) is 0 Å². The van der Waals surface area contributed by atoms with Crippen molar-refractivity contribution in [2.24, 2.45) is 11.8 Å². The molecule has 0 N–H and O–H groups in total. The second kappa shape index (κ2) is 11.7. The molecule has 2 amide bonds. The number of carbonyl (C=O) groups excluding carboxylic acids is 3. The number of thioether (sulfide) groups is 1. The molecule has 2 atom stereocenters. The van der Waals surface area contributed by atoms with Gasteiger partial charge in [0, 0.05) is 19.6 Å². The fraction of sp³-hybridized carbons (Fsp3) is 0.773. The van der Waals surface area contributed by atoms with E-state index in [-0.39, 0.29) is 17.1 Å². The van der Waals surface area contributed by atoms with E-state index in [0.29, 0.717) is 31.4 Å². The van der Waals surface area contributed by atoms with E-state index in [1.807, 2.05) is 0 Å². The van der Waals surface area contributed by atoms with Crippen LogP contribution in [0.3, 0.4) is 0 Å². The number of allylic oxidation sites excluding steroid dienone is 1. The molecule has 164 valence electrons. The molecule has 2 fully saturated rings. The Labute approximate surface area is 178 Å². The van der Waals surface area contributed by atoms with Gasteiger partial charge in [0.25, 0.3) is 0 Å². The third-order valence-electron chi connectivity index (χ3n) is 6.03. The van der Waals surface area contributed by atoms with Crippen molar-refractivity contribution >= 4 is 29.5 Å². The first kappa shape index (κ1) is 23.9. The molecule has 1 aliphatic carbocycles. The summed E-state index contributed by atoms with van der Waals surface area (Å²) in [7, 11) is 1.33. The smallest absolute Gasteiger partial charge is 0.334 e. The summed E-state index contributed by atoms with van der Waals surface area (Å²) < 4.78 is 10.0. The maximum atomic E-state index is 12.7. The van der Waals surface area contributed by atoms with Crippen molar-refractivity contribution in [3.63, 3.8) is 0 Å². The molecule has 0 spiro atoms. The van der Waals surface area contributed by atoms with Crippen LogP contribution in [0, 0.1) is 11.8 Å². The molecular weight excluding hydrogens is 390 g/mol. The van der Waals surface area contributed by atoms with Crippen molar-refractivity contribution in [3.8, 4) is 0 Å². The Kier molecular flexibility index (Phi) is 9.69. The summed E-state index contributed by atoms with van der Waals surface area (Å²) in [4.78, 5) is 37.8. The van der Waals surface area contributed by atoms with Gasteiger partial charge in [0.2, 0.25) is 11.8 Å². The number of likely N-dealkylation sites (tertiary alicyclic amines) is 1. The number of imide groups is 1.